The highest BCUT2D eigenvalue weighted by Gasteiger charge is 2.34. The van der Waals surface area contributed by atoms with Crippen LogP contribution in [0.5, 0.6) is 0 Å². The van der Waals surface area contributed by atoms with Gasteiger partial charge in [-0.15, -0.1) is 0 Å². The van der Waals surface area contributed by atoms with E-state index < -0.39 is 17.4 Å². The van der Waals surface area contributed by atoms with Crippen LogP contribution in [-0.4, -0.2) is 22.8 Å². The molecule has 3 aromatic rings. The lowest BCUT2D eigenvalue weighted by Gasteiger charge is -2.25. The van der Waals surface area contributed by atoms with Gasteiger partial charge in [-0.1, -0.05) is 68.4 Å². The molecule has 1 aromatic heterocycles. The number of nitrogens with two attached hydrogens (primary N) is 1. The molecule has 0 radical (unpaired) electrons. The number of ketones is 1. The molecule has 0 aliphatic heterocycles. The first kappa shape index (κ1) is 19.7. The average Bonchev–Trinajstić information content (AvgIpc) is 2.71. The first-order chi connectivity index (χ1) is 13.4. The summed E-state index contributed by atoms with van der Waals surface area (Å²) in [5.74, 6) is -0.666. The number of pyridine rings is 1. The van der Waals surface area contributed by atoms with Crippen LogP contribution in [0.3, 0.4) is 0 Å². The topological polar surface area (TPSA) is 82.3 Å². The van der Waals surface area contributed by atoms with Gasteiger partial charge in [0.05, 0.1) is 0 Å². The maximum atomic E-state index is 13.0. The second-order valence-corrected chi connectivity index (χ2v) is 7.53. The summed E-state index contributed by atoms with van der Waals surface area (Å²) in [5, 5.41) is 1.92. The summed E-state index contributed by atoms with van der Waals surface area (Å²) in [6.07, 6.45) is 1.86. The maximum absolute atomic E-state index is 13.0. The summed E-state index contributed by atoms with van der Waals surface area (Å²) in [4.78, 5) is 29.5. The first-order valence-corrected chi connectivity index (χ1v) is 9.22. The van der Waals surface area contributed by atoms with Gasteiger partial charge in [-0.25, -0.2) is 0 Å². The molecular weight excluding hydrogens is 352 g/mol. The van der Waals surface area contributed by atoms with Gasteiger partial charge in [-0.2, -0.15) is 0 Å². The lowest BCUT2D eigenvalue weighted by atomic mass is 9.80. The fourth-order valence-electron chi connectivity index (χ4n) is 3.12. The number of nitrogens with zero attached hydrogens (tertiary/aromatic N) is 1. The molecule has 28 heavy (non-hydrogen) atoms. The van der Waals surface area contributed by atoms with Crippen LogP contribution in [-0.2, 0) is 16.1 Å². The second kappa shape index (κ2) is 8.31. The molecule has 0 aliphatic rings. The zero-order valence-electron chi connectivity index (χ0n) is 16.1. The zero-order valence-corrected chi connectivity index (χ0v) is 16.1. The SMILES string of the molecule is CC(C)(C[C@H](N)C(=O)OCc1ccccc1)C(=O)c1cc2ccccc2cn1. The van der Waals surface area contributed by atoms with Gasteiger partial charge in [-0.3, -0.25) is 14.6 Å². The highest BCUT2D eigenvalue weighted by atomic mass is 16.5. The van der Waals surface area contributed by atoms with Gasteiger partial charge in [0.2, 0.25) is 0 Å². The number of Topliss-reactive ketones (excluding diaryl/α,β-unsaturated/α-hetero) is 1. The van der Waals surface area contributed by atoms with E-state index in [2.05, 4.69) is 4.98 Å². The number of hydrogen-bond acceptors (Lipinski definition) is 5. The van der Waals surface area contributed by atoms with Crippen molar-refractivity contribution in [1.82, 2.24) is 4.98 Å². The van der Waals surface area contributed by atoms with Gasteiger partial charge in [0, 0.05) is 17.0 Å². The van der Waals surface area contributed by atoms with Crippen LogP contribution in [0.25, 0.3) is 10.8 Å². The maximum Gasteiger partial charge on any atom is 0.323 e. The number of aromatic nitrogens is 1. The number of esters is 1. The Labute approximate surface area is 164 Å². The van der Waals surface area contributed by atoms with E-state index in [1.165, 1.54) is 0 Å². The van der Waals surface area contributed by atoms with Gasteiger partial charge in [0.1, 0.15) is 18.3 Å². The molecule has 144 valence electrons. The Balaban J connectivity index is 1.65. The summed E-state index contributed by atoms with van der Waals surface area (Å²) in [5.41, 5.74) is 6.44. The monoisotopic (exact) mass is 376 g/mol. The smallest absolute Gasteiger partial charge is 0.323 e. The van der Waals surface area contributed by atoms with Crippen LogP contribution in [0.15, 0.2) is 66.9 Å². The van der Waals surface area contributed by atoms with E-state index in [0.29, 0.717) is 5.69 Å². The minimum absolute atomic E-state index is 0.149. The van der Waals surface area contributed by atoms with Crippen molar-refractivity contribution in [3.8, 4) is 0 Å². The normalized spacial score (nSPS) is 12.5. The van der Waals surface area contributed by atoms with Crippen LogP contribution in [0.4, 0.5) is 0 Å². The molecule has 0 saturated heterocycles. The van der Waals surface area contributed by atoms with Crippen molar-refractivity contribution < 1.29 is 14.3 Å². The number of ether oxygens (including phenoxy) is 1. The second-order valence-electron chi connectivity index (χ2n) is 7.53. The molecule has 0 fully saturated rings. The average molecular weight is 376 g/mol. The van der Waals surface area contributed by atoms with Crippen LogP contribution in [0.2, 0.25) is 0 Å². The third-order valence-electron chi connectivity index (χ3n) is 4.74. The third kappa shape index (κ3) is 4.61. The predicted octanol–water partition coefficient (Wildman–Crippen LogP) is 3.90. The lowest BCUT2D eigenvalue weighted by Crippen LogP contribution is -2.39. The third-order valence-corrected chi connectivity index (χ3v) is 4.74. The number of carbonyl (C=O) groups is 2. The Hall–Kier alpha value is -3.05. The largest absolute Gasteiger partial charge is 0.460 e. The van der Waals surface area contributed by atoms with Crippen molar-refractivity contribution in [2.75, 3.05) is 0 Å². The minimum atomic E-state index is -0.886. The van der Waals surface area contributed by atoms with Crippen molar-refractivity contribution in [2.24, 2.45) is 11.1 Å². The number of hydrogen-bond donors (Lipinski definition) is 1. The van der Waals surface area contributed by atoms with Gasteiger partial charge < -0.3 is 10.5 Å². The molecule has 0 spiro atoms. The van der Waals surface area contributed by atoms with Gasteiger partial charge in [0.15, 0.2) is 5.78 Å². The molecule has 0 amide bonds. The van der Waals surface area contributed by atoms with Gasteiger partial charge in [0.25, 0.3) is 0 Å². The van der Waals surface area contributed by atoms with E-state index in [4.69, 9.17) is 10.5 Å². The van der Waals surface area contributed by atoms with Crippen LogP contribution < -0.4 is 5.73 Å². The van der Waals surface area contributed by atoms with Crippen LogP contribution in [0, 0.1) is 5.41 Å². The molecule has 2 aromatic carbocycles. The molecule has 3 rings (SSSR count). The summed E-state index contributed by atoms with van der Waals surface area (Å²) in [6, 6.07) is 18.0. The summed E-state index contributed by atoms with van der Waals surface area (Å²) in [7, 11) is 0. The van der Waals surface area contributed by atoms with Crippen molar-refractivity contribution in [3.63, 3.8) is 0 Å². The highest BCUT2D eigenvalue weighted by molar-refractivity contribution is 6.01. The van der Waals surface area contributed by atoms with Crippen molar-refractivity contribution in [3.05, 3.63) is 78.1 Å². The van der Waals surface area contributed by atoms with E-state index in [9.17, 15) is 9.59 Å². The van der Waals surface area contributed by atoms with E-state index in [1.807, 2.05) is 54.6 Å². The number of benzene rings is 2. The highest BCUT2D eigenvalue weighted by Crippen LogP contribution is 2.28. The quantitative estimate of drug-likeness (QED) is 0.499. The molecule has 1 atom stereocenters. The molecule has 0 bridgehead atoms. The van der Waals surface area contributed by atoms with Crippen molar-refractivity contribution in [2.45, 2.75) is 32.9 Å². The predicted molar refractivity (Wildman–Crippen MR) is 109 cm³/mol. The summed E-state index contributed by atoms with van der Waals surface area (Å²) in [6.45, 7) is 3.71. The molecule has 5 nitrogen and oxygen atoms in total. The van der Waals surface area contributed by atoms with Crippen molar-refractivity contribution in [1.29, 1.82) is 0 Å². The minimum Gasteiger partial charge on any atom is -0.460 e. The van der Waals surface area contributed by atoms with Crippen LogP contribution >= 0.6 is 0 Å². The fourth-order valence-corrected chi connectivity index (χ4v) is 3.12. The Morgan fingerprint density at radius 1 is 1.04 bits per heavy atom. The van der Waals surface area contributed by atoms with E-state index >= 15 is 0 Å². The Morgan fingerprint density at radius 3 is 2.39 bits per heavy atom. The Morgan fingerprint density at radius 2 is 1.68 bits per heavy atom. The Kier molecular flexibility index (Phi) is 5.85. The lowest BCUT2D eigenvalue weighted by molar-refractivity contribution is -0.147. The van der Waals surface area contributed by atoms with Gasteiger partial charge in [-0.05, 0) is 23.4 Å². The standard InChI is InChI=1S/C23H24N2O3/c1-23(2,13-19(24)22(27)28-15-16-8-4-3-5-9-16)21(26)20-12-17-10-6-7-11-18(17)14-25-20/h3-12,14,19H,13,15,24H2,1-2H3/t19-/m0/s1. The zero-order chi connectivity index (χ0) is 20.1. The first-order valence-electron chi connectivity index (χ1n) is 9.22. The molecule has 2 N–H and O–H groups in total. The van der Waals surface area contributed by atoms with E-state index in [1.54, 1.807) is 26.1 Å². The van der Waals surface area contributed by atoms with Crippen LogP contribution in [0.1, 0.15) is 36.3 Å². The number of rotatable bonds is 7. The molecular formula is C23H24N2O3. The molecule has 0 saturated carbocycles. The summed E-state index contributed by atoms with van der Waals surface area (Å²) >= 11 is 0. The number of carbonyl (C=O) groups excluding carboxylic acids is 2. The molecule has 5 heteroatoms. The summed E-state index contributed by atoms with van der Waals surface area (Å²) < 4.78 is 5.29. The van der Waals surface area contributed by atoms with E-state index in [-0.39, 0.29) is 18.8 Å². The molecule has 1 heterocycles. The van der Waals surface area contributed by atoms with Crippen molar-refractivity contribution >= 4 is 22.5 Å². The fraction of sp³-hybridized carbons (Fsp3) is 0.261. The molecule has 0 aliphatic carbocycles. The molecule has 0 unspecified atom stereocenters. The Bertz CT molecular complexity index is 983. The number of fused-ring (bicyclic) bond motifs is 1. The van der Waals surface area contributed by atoms with E-state index in [0.717, 1.165) is 16.3 Å². The van der Waals surface area contributed by atoms with Gasteiger partial charge >= 0.3 is 5.97 Å².